The molecule has 38 heavy (non-hydrogen) atoms. The van der Waals surface area contributed by atoms with Gasteiger partial charge in [0.25, 0.3) is 11.8 Å². The molecule has 0 radical (unpaired) electrons. The van der Waals surface area contributed by atoms with Crippen LogP contribution in [-0.4, -0.2) is 23.5 Å². The molecule has 0 bridgehead atoms. The second-order valence-corrected chi connectivity index (χ2v) is 9.02. The van der Waals surface area contributed by atoms with Gasteiger partial charge >= 0.3 is 0 Å². The van der Waals surface area contributed by atoms with E-state index in [0.717, 1.165) is 16.0 Å². The molecule has 3 aromatic rings. The summed E-state index contributed by atoms with van der Waals surface area (Å²) in [7, 11) is 0. The summed E-state index contributed by atoms with van der Waals surface area (Å²) in [5.41, 5.74) is 1.78. The maximum atomic E-state index is 14.5. The summed E-state index contributed by atoms with van der Waals surface area (Å²) >= 11 is 11.5. The van der Waals surface area contributed by atoms with Crippen molar-refractivity contribution < 1.29 is 23.5 Å². The Labute approximate surface area is 230 Å². The van der Waals surface area contributed by atoms with Crippen LogP contribution < -0.4 is 19.7 Å². The number of hydrogen-bond acceptors (Lipinski definition) is 5. The predicted molar refractivity (Wildman–Crippen MR) is 150 cm³/mol. The van der Waals surface area contributed by atoms with Gasteiger partial charge in [-0.15, -0.1) is 6.58 Å². The van der Waals surface area contributed by atoms with Crippen LogP contribution in [0.3, 0.4) is 0 Å². The molecular formula is C29H24ClFN2O4S. The fourth-order valence-corrected chi connectivity index (χ4v) is 4.41. The third-order valence-electron chi connectivity index (χ3n) is 5.65. The van der Waals surface area contributed by atoms with Gasteiger partial charge in [-0.25, -0.2) is 9.29 Å². The SMILES string of the molecule is C=CCc1cc(/C=C2\C(=O)NC(=S)N(c3ccccc3F)C2=O)cc(OCC)c1OCc1ccccc1Cl. The average Bonchev–Trinajstić information content (AvgIpc) is 2.88. The zero-order chi connectivity index (χ0) is 27.2. The van der Waals surface area contributed by atoms with E-state index < -0.39 is 17.6 Å². The number of nitrogens with one attached hydrogen (secondary N) is 1. The van der Waals surface area contributed by atoms with Gasteiger partial charge in [0.15, 0.2) is 16.6 Å². The van der Waals surface area contributed by atoms with E-state index in [9.17, 15) is 14.0 Å². The Morgan fingerprint density at radius 1 is 1.08 bits per heavy atom. The first kappa shape index (κ1) is 27.0. The van der Waals surface area contributed by atoms with Crippen LogP contribution in [0.2, 0.25) is 5.02 Å². The lowest BCUT2D eigenvalue weighted by Crippen LogP contribution is -2.54. The van der Waals surface area contributed by atoms with Crippen LogP contribution in [0.4, 0.5) is 10.1 Å². The van der Waals surface area contributed by atoms with Crippen molar-refractivity contribution >= 4 is 52.5 Å². The van der Waals surface area contributed by atoms with Gasteiger partial charge in [0.2, 0.25) is 0 Å². The van der Waals surface area contributed by atoms with Crippen molar-refractivity contribution in [2.75, 3.05) is 11.5 Å². The Balaban J connectivity index is 1.74. The van der Waals surface area contributed by atoms with Crippen molar-refractivity contribution in [1.82, 2.24) is 5.32 Å². The minimum atomic E-state index is -0.744. The van der Waals surface area contributed by atoms with Gasteiger partial charge in [0, 0.05) is 16.1 Å². The zero-order valence-electron chi connectivity index (χ0n) is 20.5. The largest absolute Gasteiger partial charge is 0.490 e. The summed E-state index contributed by atoms with van der Waals surface area (Å²) in [4.78, 5) is 27.1. The van der Waals surface area contributed by atoms with Crippen molar-refractivity contribution in [1.29, 1.82) is 0 Å². The molecular weight excluding hydrogens is 527 g/mol. The summed E-state index contributed by atoms with van der Waals surface area (Å²) in [6.45, 7) is 6.22. The highest BCUT2D eigenvalue weighted by atomic mass is 35.5. The van der Waals surface area contributed by atoms with Crippen LogP contribution >= 0.6 is 23.8 Å². The molecule has 0 aromatic heterocycles. The zero-order valence-corrected chi connectivity index (χ0v) is 22.1. The molecule has 1 fully saturated rings. The molecule has 4 rings (SSSR count). The number of anilines is 1. The molecule has 3 aromatic carbocycles. The van der Waals surface area contributed by atoms with E-state index in [1.165, 1.54) is 24.3 Å². The number of thiocarbonyl (C=S) groups is 1. The van der Waals surface area contributed by atoms with Gasteiger partial charge in [-0.1, -0.05) is 48.0 Å². The lowest BCUT2D eigenvalue weighted by molar-refractivity contribution is -0.122. The molecule has 0 spiro atoms. The highest BCUT2D eigenvalue weighted by Crippen LogP contribution is 2.36. The van der Waals surface area contributed by atoms with E-state index in [1.807, 2.05) is 25.1 Å². The highest BCUT2D eigenvalue weighted by molar-refractivity contribution is 7.80. The van der Waals surface area contributed by atoms with E-state index in [1.54, 1.807) is 30.3 Å². The van der Waals surface area contributed by atoms with Crippen LogP contribution in [-0.2, 0) is 22.6 Å². The third kappa shape index (κ3) is 5.77. The highest BCUT2D eigenvalue weighted by Gasteiger charge is 2.35. The Morgan fingerprint density at radius 2 is 1.82 bits per heavy atom. The molecule has 0 aliphatic carbocycles. The Morgan fingerprint density at radius 3 is 2.53 bits per heavy atom. The van der Waals surface area contributed by atoms with Gasteiger partial charge in [-0.2, -0.15) is 0 Å². The second kappa shape index (κ2) is 12.0. The first-order valence-electron chi connectivity index (χ1n) is 11.8. The number of hydrogen-bond donors (Lipinski definition) is 1. The number of carbonyl (C=O) groups excluding carboxylic acids is 2. The molecule has 6 nitrogen and oxygen atoms in total. The molecule has 9 heteroatoms. The van der Waals surface area contributed by atoms with Gasteiger partial charge in [0.1, 0.15) is 18.0 Å². The third-order valence-corrected chi connectivity index (χ3v) is 6.31. The van der Waals surface area contributed by atoms with Crippen LogP contribution in [0.25, 0.3) is 6.08 Å². The summed E-state index contributed by atoms with van der Waals surface area (Å²) in [5, 5.41) is 2.85. The van der Waals surface area contributed by atoms with Gasteiger partial charge in [-0.05, 0) is 67.5 Å². The maximum absolute atomic E-state index is 14.5. The number of benzene rings is 3. The number of amides is 2. The minimum absolute atomic E-state index is 0.0564. The standard InChI is InChI=1S/C29H24ClFN2O4S/c1-3-9-19-14-18(16-25(36-4-2)26(19)37-17-20-10-5-6-11-22(20)30)15-21-27(34)32-29(38)33(28(21)35)24-13-8-7-12-23(24)31/h3,5-8,10-16H,1,4,9,17H2,2H3,(H,32,34,38)/b21-15+. The Bertz CT molecular complexity index is 1460. The molecule has 1 heterocycles. The van der Waals surface area contributed by atoms with Crippen LogP contribution in [0.5, 0.6) is 11.5 Å². The monoisotopic (exact) mass is 550 g/mol. The number of ether oxygens (including phenoxy) is 2. The summed E-state index contributed by atoms with van der Waals surface area (Å²) in [5.74, 6) is -1.15. The van der Waals surface area contributed by atoms with Crippen molar-refractivity contribution in [3.63, 3.8) is 0 Å². The molecule has 0 saturated carbocycles. The first-order valence-corrected chi connectivity index (χ1v) is 12.6. The van der Waals surface area contributed by atoms with Crippen LogP contribution in [0, 0.1) is 5.82 Å². The fourth-order valence-electron chi connectivity index (χ4n) is 3.94. The fraction of sp³-hybridized carbons (Fsp3) is 0.138. The Hall–Kier alpha value is -4.01. The smallest absolute Gasteiger partial charge is 0.270 e. The lowest BCUT2D eigenvalue weighted by atomic mass is 10.0. The van der Waals surface area contributed by atoms with Crippen molar-refractivity contribution in [3.8, 4) is 11.5 Å². The van der Waals surface area contributed by atoms with Crippen LogP contribution in [0.1, 0.15) is 23.6 Å². The van der Waals surface area contributed by atoms with Gasteiger partial charge in [0.05, 0.1) is 12.3 Å². The summed E-state index contributed by atoms with van der Waals surface area (Å²) in [6, 6.07) is 16.5. The van der Waals surface area contributed by atoms with E-state index in [-0.39, 0.29) is 23.0 Å². The first-order chi connectivity index (χ1) is 18.3. The second-order valence-electron chi connectivity index (χ2n) is 8.22. The summed E-state index contributed by atoms with van der Waals surface area (Å²) in [6.07, 6.45) is 3.56. The maximum Gasteiger partial charge on any atom is 0.270 e. The van der Waals surface area contributed by atoms with Crippen LogP contribution in [0.15, 0.2) is 78.9 Å². The number of nitrogens with zero attached hydrogens (tertiary/aromatic N) is 1. The molecule has 1 saturated heterocycles. The summed E-state index contributed by atoms with van der Waals surface area (Å²) < 4.78 is 26.5. The normalized spacial score (nSPS) is 14.4. The number of halogens is 2. The average molecular weight is 551 g/mol. The lowest BCUT2D eigenvalue weighted by Gasteiger charge is -2.29. The molecule has 1 aliphatic rings. The molecule has 194 valence electrons. The molecule has 1 N–H and O–H groups in total. The van der Waals surface area contributed by atoms with E-state index in [0.29, 0.717) is 35.1 Å². The number of rotatable bonds is 9. The van der Waals surface area contributed by atoms with E-state index in [4.69, 9.17) is 33.3 Å². The quantitative estimate of drug-likeness (QED) is 0.153. The van der Waals surface area contributed by atoms with E-state index >= 15 is 0 Å². The molecule has 0 atom stereocenters. The molecule has 0 unspecified atom stereocenters. The molecule has 1 aliphatic heterocycles. The van der Waals surface area contributed by atoms with Crippen molar-refractivity contribution in [3.05, 3.63) is 106 Å². The van der Waals surface area contributed by atoms with Gasteiger partial charge in [-0.3, -0.25) is 14.9 Å². The minimum Gasteiger partial charge on any atom is -0.490 e. The number of para-hydroxylation sites is 1. The molecule has 2 amide bonds. The van der Waals surface area contributed by atoms with Gasteiger partial charge < -0.3 is 9.47 Å². The Kier molecular flexibility index (Phi) is 8.55. The van der Waals surface area contributed by atoms with Crippen molar-refractivity contribution in [2.45, 2.75) is 20.0 Å². The topological polar surface area (TPSA) is 67.9 Å². The van der Waals surface area contributed by atoms with Crippen molar-refractivity contribution in [2.24, 2.45) is 0 Å². The number of carbonyl (C=O) groups is 2. The predicted octanol–water partition coefficient (Wildman–Crippen LogP) is 6.02. The number of allylic oxidation sites excluding steroid dienone is 1. The van der Waals surface area contributed by atoms with E-state index in [2.05, 4.69) is 11.9 Å².